The molecule has 1 aromatic heterocycles. The number of nitrogens with zero attached hydrogens (tertiary/aromatic N) is 1. The summed E-state index contributed by atoms with van der Waals surface area (Å²) in [5.74, 6) is 0.0553. The van der Waals surface area contributed by atoms with Gasteiger partial charge in [0.15, 0.2) is 5.69 Å². The molecule has 1 heterocycles. The van der Waals surface area contributed by atoms with Crippen LogP contribution in [0.2, 0.25) is 5.02 Å². The van der Waals surface area contributed by atoms with Crippen LogP contribution in [0.1, 0.15) is 48.6 Å². The number of nitrogens with one attached hydrogen (secondary N) is 1. The Hall–Kier alpha value is -1.85. The third-order valence-electron chi connectivity index (χ3n) is 3.04. The molecule has 2 aromatic rings. The van der Waals surface area contributed by atoms with Gasteiger partial charge in [0.1, 0.15) is 6.26 Å². The van der Waals surface area contributed by atoms with E-state index in [9.17, 15) is 4.79 Å². The number of benzene rings is 1. The zero-order valence-electron chi connectivity index (χ0n) is 11.8. The van der Waals surface area contributed by atoms with Gasteiger partial charge in [-0.1, -0.05) is 31.4 Å². The molecule has 0 radical (unpaired) electrons. The fourth-order valence-corrected chi connectivity index (χ4v) is 1.96. The van der Waals surface area contributed by atoms with Crippen LogP contribution in [0.15, 0.2) is 34.9 Å². The van der Waals surface area contributed by atoms with Gasteiger partial charge in [0.25, 0.3) is 5.91 Å². The van der Waals surface area contributed by atoms with Crippen LogP contribution >= 0.6 is 11.6 Å². The Labute approximate surface area is 128 Å². The van der Waals surface area contributed by atoms with E-state index in [1.807, 2.05) is 0 Å². The van der Waals surface area contributed by atoms with E-state index in [4.69, 9.17) is 21.8 Å². The van der Waals surface area contributed by atoms with Gasteiger partial charge in [-0.25, -0.2) is 4.98 Å². The van der Waals surface area contributed by atoms with Crippen molar-refractivity contribution in [3.05, 3.63) is 47.1 Å². The SMILES string of the molecule is CCCCC(N)c1nc(C(=O)Nc2ccc(Cl)cc2)co1. The van der Waals surface area contributed by atoms with Gasteiger partial charge in [-0.2, -0.15) is 0 Å². The predicted molar refractivity (Wildman–Crippen MR) is 82.4 cm³/mol. The Kier molecular flexibility index (Phi) is 5.36. The van der Waals surface area contributed by atoms with Gasteiger partial charge in [0.05, 0.1) is 6.04 Å². The van der Waals surface area contributed by atoms with Gasteiger partial charge < -0.3 is 15.5 Å². The molecule has 21 heavy (non-hydrogen) atoms. The summed E-state index contributed by atoms with van der Waals surface area (Å²) in [7, 11) is 0. The maximum atomic E-state index is 12.0. The highest BCUT2D eigenvalue weighted by Gasteiger charge is 2.16. The van der Waals surface area contributed by atoms with Crippen LogP contribution in [0.5, 0.6) is 0 Å². The molecule has 1 aromatic carbocycles. The Morgan fingerprint density at radius 3 is 2.81 bits per heavy atom. The zero-order valence-corrected chi connectivity index (χ0v) is 12.6. The first-order valence-electron chi connectivity index (χ1n) is 6.88. The van der Waals surface area contributed by atoms with Crippen LogP contribution in [0.25, 0.3) is 0 Å². The van der Waals surface area contributed by atoms with E-state index in [-0.39, 0.29) is 17.6 Å². The number of nitrogens with two attached hydrogens (primary N) is 1. The fraction of sp³-hybridized carbons (Fsp3) is 0.333. The molecule has 1 atom stereocenters. The highest BCUT2D eigenvalue weighted by Crippen LogP contribution is 2.18. The maximum Gasteiger partial charge on any atom is 0.277 e. The summed E-state index contributed by atoms with van der Waals surface area (Å²) >= 11 is 5.79. The fourth-order valence-electron chi connectivity index (χ4n) is 1.84. The number of anilines is 1. The molecule has 0 bridgehead atoms. The second-order valence-corrected chi connectivity index (χ2v) is 5.22. The highest BCUT2D eigenvalue weighted by atomic mass is 35.5. The van der Waals surface area contributed by atoms with Crippen molar-refractivity contribution in [2.75, 3.05) is 5.32 Å². The third kappa shape index (κ3) is 4.31. The summed E-state index contributed by atoms with van der Waals surface area (Å²) in [6.45, 7) is 2.09. The third-order valence-corrected chi connectivity index (χ3v) is 3.29. The molecule has 0 spiro atoms. The number of aromatic nitrogens is 1. The highest BCUT2D eigenvalue weighted by molar-refractivity contribution is 6.30. The number of halogens is 1. The standard InChI is InChI=1S/C15H18ClN3O2/c1-2-3-4-12(17)15-19-13(9-21-15)14(20)18-11-7-5-10(16)6-8-11/h5-9,12H,2-4,17H2,1H3,(H,18,20). The average Bonchev–Trinajstić information content (AvgIpc) is 2.97. The van der Waals surface area contributed by atoms with Crippen molar-refractivity contribution in [1.29, 1.82) is 0 Å². The molecule has 0 aliphatic carbocycles. The molecule has 0 saturated heterocycles. The summed E-state index contributed by atoms with van der Waals surface area (Å²) in [4.78, 5) is 16.2. The van der Waals surface area contributed by atoms with Crippen LogP contribution < -0.4 is 11.1 Å². The minimum atomic E-state index is -0.338. The van der Waals surface area contributed by atoms with Gasteiger partial charge in [-0.05, 0) is 30.7 Å². The van der Waals surface area contributed by atoms with Crippen LogP contribution in [-0.4, -0.2) is 10.9 Å². The van der Waals surface area contributed by atoms with E-state index < -0.39 is 0 Å². The van der Waals surface area contributed by atoms with Crippen molar-refractivity contribution < 1.29 is 9.21 Å². The number of unbranched alkanes of at least 4 members (excludes halogenated alkanes) is 1. The molecule has 1 unspecified atom stereocenters. The van der Waals surface area contributed by atoms with Crippen molar-refractivity contribution in [2.24, 2.45) is 5.73 Å². The Bertz CT molecular complexity index is 595. The molecule has 6 heteroatoms. The summed E-state index contributed by atoms with van der Waals surface area (Å²) < 4.78 is 5.28. The zero-order chi connectivity index (χ0) is 15.2. The van der Waals surface area contributed by atoms with Crippen LogP contribution in [0.3, 0.4) is 0 Å². The molecule has 5 nitrogen and oxygen atoms in total. The van der Waals surface area contributed by atoms with Crippen molar-refractivity contribution in [3.8, 4) is 0 Å². The minimum absolute atomic E-state index is 0.215. The van der Waals surface area contributed by atoms with Crippen LogP contribution in [0, 0.1) is 0 Å². The van der Waals surface area contributed by atoms with Crippen molar-refractivity contribution in [3.63, 3.8) is 0 Å². The van der Waals surface area contributed by atoms with Gasteiger partial charge in [0, 0.05) is 10.7 Å². The summed E-state index contributed by atoms with van der Waals surface area (Å²) in [6, 6.07) is 6.56. The normalized spacial score (nSPS) is 12.1. The van der Waals surface area contributed by atoms with Gasteiger partial charge in [-0.3, -0.25) is 4.79 Å². The molecular weight excluding hydrogens is 290 g/mol. The van der Waals surface area contributed by atoms with E-state index >= 15 is 0 Å². The van der Waals surface area contributed by atoms with Crippen LogP contribution in [-0.2, 0) is 0 Å². The molecule has 0 aliphatic heterocycles. The van der Waals surface area contributed by atoms with Crippen LogP contribution in [0.4, 0.5) is 5.69 Å². The number of carbonyl (C=O) groups excluding carboxylic acids is 1. The number of amides is 1. The lowest BCUT2D eigenvalue weighted by molar-refractivity contribution is 0.102. The van der Waals surface area contributed by atoms with Gasteiger partial charge in [-0.15, -0.1) is 0 Å². The predicted octanol–water partition coefficient (Wildman–Crippen LogP) is 3.77. The quantitative estimate of drug-likeness (QED) is 0.851. The molecule has 1 amide bonds. The second-order valence-electron chi connectivity index (χ2n) is 4.78. The number of rotatable bonds is 6. The summed E-state index contributed by atoms with van der Waals surface area (Å²) in [5.41, 5.74) is 6.82. The molecule has 3 N–H and O–H groups in total. The topological polar surface area (TPSA) is 81.1 Å². The Morgan fingerprint density at radius 1 is 1.43 bits per heavy atom. The number of hydrogen-bond donors (Lipinski definition) is 2. The van der Waals surface area contributed by atoms with E-state index in [0.717, 1.165) is 19.3 Å². The van der Waals surface area contributed by atoms with E-state index in [1.54, 1.807) is 24.3 Å². The lowest BCUT2D eigenvalue weighted by Gasteiger charge is -2.05. The Balaban J connectivity index is 2.00. The van der Waals surface area contributed by atoms with Crippen molar-refractivity contribution >= 4 is 23.2 Å². The van der Waals surface area contributed by atoms with Gasteiger partial charge in [0.2, 0.25) is 5.89 Å². The first-order chi connectivity index (χ1) is 10.1. The first-order valence-corrected chi connectivity index (χ1v) is 7.26. The average molecular weight is 308 g/mol. The molecular formula is C15H18ClN3O2. The summed E-state index contributed by atoms with van der Waals surface area (Å²) in [5, 5.41) is 3.33. The number of carbonyl (C=O) groups is 1. The van der Waals surface area contributed by atoms with E-state index in [2.05, 4.69) is 17.2 Å². The monoisotopic (exact) mass is 307 g/mol. The molecule has 0 fully saturated rings. The molecule has 2 rings (SSSR count). The van der Waals surface area contributed by atoms with E-state index in [0.29, 0.717) is 16.6 Å². The van der Waals surface area contributed by atoms with E-state index in [1.165, 1.54) is 6.26 Å². The smallest absolute Gasteiger partial charge is 0.277 e. The lowest BCUT2D eigenvalue weighted by Crippen LogP contribution is -2.14. The molecule has 0 saturated carbocycles. The number of hydrogen-bond acceptors (Lipinski definition) is 4. The second kappa shape index (κ2) is 7.24. The Morgan fingerprint density at radius 2 is 2.14 bits per heavy atom. The largest absolute Gasteiger partial charge is 0.446 e. The molecule has 0 aliphatic rings. The van der Waals surface area contributed by atoms with Gasteiger partial charge >= 0.3 is 0 Å². The number of oxazole rings is 1. The maximum absolute atomic E-state index is 12.0. The molecule has 112 valence electrons. The summed E-state index contributed by atoms with van der Waals surface area (Å²) in [6.07, 6.45) is 4.16. The first kappa shape index (κ1) is 15.5. The minimum Gasteiger partial charge on any atom is -0.446 e. The lowest BCUT2D eigenvalue weighted by atomic mass is 10.1. The van der Waals surface area contributed by atoms with Crippen molar-refractivity contribution in [2.45, 2.75) is 32.2 Å². The van der Waals surface area contributed by atoms with Crippen molar-refractivity contribution in [1.82, 2.24) is 4.98 Å².